The molecule has 1 unspecified atom stereocenters. The van der Waals surface area contributed by atoms with Gasteiger partial charge in [-0.25, -0.2) is 0 Å². The zero-order valence-electron chi connectivity index (χ0n) is 12.0. The molecule has 6 nitrogen and oxygen atoms in total. The first kappa shape index (κ1) is 17.1. The number of benzene rings is 1. The van der Waals surface area contributed by atoms with Gasteiger partial charge in [-0.1, -0.05) is 30.3 Å². The molecule has 0 bridgehead atoms. The van der Waals surface area contributed by atoms with E-state index in [0.717, 1.165) is 5.56 Å². The zero-order valence-corrected chi connectivity index (χ0v) is 12.0. The molecule has 1 N–H and O–H groups in total. The molecule has 1 aromatic rings. The van der Waals surface area contributed by atoms with E-state index in [-0.39, 0.29) is 13.4 Å². The number of aliphatic hydroxyl groups excluding tert-OH is 1. The second-order valence-electron chi connectivity index (χ2n) is 4.46. The van der Waals surface area contributed by atoms with Gasteiger partial charge < -0.3 is 19.3 Å². The van der Waals surface area contributed by atoms with Crippen molar-refractivity contribution in [2.24, 2.45) is 0 Å². The van der Waals surface area contributed by atoms with Gasteiger partial charge in [0.15, 0.2) is 0 Å². The monoisotopic (exact) mass is 290 g/mol. The average Bonchev–Trinajstić information content (AvgIpc) is 2.54. The Balaban J connectivity index is 2.68. The summed E-state index contributed by atoms with van der Waals surface area (Å²) < 4.78 is 15.2. The van der Waals surface area contributed by atoms with E-state index < -0.39 is 17.8 Å². The fourth-order valence-corrected chi connectivity index (χ4v) is 1.68. The van der Waals surface area contributed by atoms with Crippen molar-refractivity contribution in [3.63, 3.8) is 0 Å². The molecule has 6 heteroatoms. The summed E-state index contributed by atoms with van der Waals surface area (Å²) >= 11 is 0. The molecule has 0 saturated carbocycles. The number of nitrogens with zero attached hydrogens (tertiary/aromatic N) is 2. The molecular weight excluding hydrogens is 272 g/mol. The lowest BCUT2D eigenvalue weighted by atomic mass is 9.96. The van der Waals surface area contributed by atoms with E-state index in [9.17, 15) is 5.11 Å². The maximum Gasteiger partial charge on any atom is 0.271 e. The lowest BCUT2D eigenvalue weighted by Gasteiger charge is -2.29. The second kappa shape index (κ2) is 8.35. The summed E-state index contributed by atoms with van der Waals surface area (Å²) in [5.74, 6) is 0. The Bertz CT molecular complexity index is 493. The van der Waals surface area contributed by atoms with Crippen LogP contribution in [0, 0.1) is 22.7 Å². The molecule has 0 aliphatic heterocycles. The van der Waals surface area contributed by atoms with E-state index in [2.05, 4.69) is 4.74 Å². The highest BCUT2D eigenvalue weighted by Gasteiger charge is 2.44. The number of hydrogen-bond acceptors (Lipinski definition) is 6. The fourth-order valence-electron chi connectivity index (χ4n) is 1.68. The maximum absolute atomic E-state index is 10.2. The van der Waals surface area contributed by atoms with Gasteiger partial charge in [0.25, 0.3) is 5.60 Å². The second-order valence-corrected chi connectivity index (χ2v) is 4.46. The molecule has 0 amide bonds. The van der Waals surface area contributed by atoms with Crippen molar-refractivity contribution < 1.29 is 19.3 Å². The SMILES string of the molecule is COCOC(C#N)(C#N)C(O)[C@H](C)OCc1ccccc1. The first-order valence-corrected chi connectivity index (χ1v) is 6.38. The molecule has 1 rings (SSSR count). The molecule has 112 valence electrons. The van der Waals surface area contributed by atoms with E-state index in [1.54, 1.807) is 19.1 Å². The molecule has 21 heavy (non-hydrogen) atoms. The number of nitriles is 2. The van der Waals surface area contributed by atoms with E-state index in [4.69, 9.17) is 20.0 Å². The number of aliphatic hydroxyl groups is 1. The first-order chi connectivity index (χ1) is 10.1. The largest absolute Gasteiger partial charge is 0.385 e. The van der Waals surface area contributed by atoms with E-state index in [1.165, 1.54) is 7.11 Å². The van der Waals surface area contributed by atoms with Gasteiger partial charge >= 0.3 is 0 Å². The lowest BCUT2D eigenvalue weighted by molar-refractivity contribution is -0.157. The van der Waals surface area contributed by atoms with Crippen LogP contribution in [0.1, 0.15) is 12.5 Å². The summed E-state index contributed by atoms with van der Waals surface area (Å²) in [6, 6.07) is 12.8. The van der Waals surface area contributed by atoms with Crippen LogP contribution in [0.15, 0.2) is 30.3 Å². The van der Waals surface area contributed by atoms with Crippen molar-refractivity contribution in [1.82, 2.24) is 0 Å². The number of hydrogen-bond donors (Lipinski definition) is 1. The molecule has 1 aromatic carbocycles. The number of rotatable bonds is 8. The smallest absolute Gasteiger partial charge is 0.271 e. The summed E-state index contributed by atoms with van der Waals surface area (Å²) in [5, 5.41) is 28.5. The van der Waals surface area contributed by atoms with Crippen molar-refractivity contribution in [3.8, 4) is 12.1 Å². The van der Waals surface area contributed by atoms with Crippen LogP contribution >= 0.6 is 0 Å². The Hall–Kier alpha value is -1.96. The first-order valence-electron chi connectivity index (χ1n) is 6.38. The van der Waals surface area contributed by atoms with Crippen LogP contribution in [-0.2, 0) is 20.8 Å². The topological polar surface area (TPSA) is 95.5 Å². The zero-order chi connectivity index (χ0) is 15.7. The summed E-state index contributed by atoms with van der Waals surface area (Å²) in [6.07, 6.45) is -2.19. The number of methoxy groups -OCH3 is 1. The third kappa shape index (κ3) is 4.52. The Labute approximate surface area is 124 Å². The normalized spacial score (nSPS) is 14.0. The third-order valence-electron chi connectivity index (χ3n) is 2.95. The Morgan fingerprint density at radius 3 is 2.38 bits per heavy atom. The standard InChI is InChI=1S/C15H18N2O4/c1-12(20-8-13-6-4-3-5-7-13)14(18)15(9-16,10-17)21-11-19-2/h3-7,12,14,18H,8,11H2,1-2H3/t12-,14?/m0/s1. The van der Waals surface area contributed by atoms with Gasteiger partial charge in [0.05, 0.1) is 12.7 Å². The van der Waals surface area contributed by atoms with Crippen molar-refractivity contribution in [2.45, 2.75) is 31.3 Å². The predicted molar refractivity (Wildman–Crippen MR) is 73.6 cm³/mol. The van der Waals surface area contributed by atoms with Crippen LogP contribution in [0.4, 0.5) is 0 Å². The van der Waals surface area contributed by atoms with Gasteiger partial charge in [0, 0.05) is 7.11 Å². The van der Waals surface area contributed by atoms with Gasteiger partial charge in [-0.3, -0.25) is 0 Å². The van der Waals surface area contributed by atoms with E-state index in [1.807, 2.05) is 30.3 Å². The highest BCUT2D eigenvalue weighted by molar-refractivity contribution is 5.22. The highest BCUT2D eigenvalue weighted by Crippen LogP contribution is 2.20. The molecule has 0 radical (unpaired) electrons. The molecular formula is C15H18N2O4. The summed E-state index contributed by atoms with van der Waals surface area (Å²) in [5.41, 5.74) is -1.10. The molecule has 0 heterocycles. The van der Waals surface area contributed by atoms with Gasteiger partial charge in [-0.2, -0.15) is 10.5 Å². The van der Waals surface area contributed by atoms with Crippen LogP contribution in [-0.4, -0.2) is 36.8 Å². The highest BCUT2D eigenvalue weighted by atomic mass is 16.7. The summed E-state index contributed by atoms with van der Waals surface area (Å²) in [7, 11) is 1.36. The van der Waals surface area contributed by atoms with Crippen molar-refractivity contribution in [2.75, 3.05) is 13.9 Å². The van der Waals surface area contributed by atoms with Gasteiger partial charge in [0.1, 0.15) is 25.0 Å². The molecule has 0 aliphatic carbocycles. The van der Waals surface area contributed by atoms with Crippen LogP contribution in [0.3, 0.4) is 0 Å². The minimum absolute atomic E-state index is 0.260. The molecule has 0 fully saturated rings. The molecule has 0 saturated heterocycles. The molecule has 0 aromatic heterocycles. The fraction of sp³-hybridized carbons (Fsp3) is 0.467. The van der Waals surface area contributed by atoms with Crippen molar-refractivity contribution in [3.05, 3.63) is 35.9 Å². The van der Waals surface area contributed by atoms with Gasteiger partial charge in [0.2, 0.25) is 0 Å². The maximum atomic E-state index is 10.2. The van der Waals surface area contributed by atoms with E-state index >= 15 is 0 Å². The van der Waals surface area contributed by atoms with Crippen molar-refractivity contribution >= 4 is 0 Å². The quantitative estimate of drug-likeness (QED) is 0.726. The van der Waals surface area contributed by atoms with E-state index in [0.29, 0.717) is 0 Å². The average molecular weight is 290 g/mol. The number of ether oxygens (including phenoxy) is 3. The summed E-state index contributed by atoms with van der Waals surface area (Å²) in [6.45, 7) is 1.56. The van der Waals surface area contributed by atoms with Crippen LogP contribution in [0.5, 0.6) is 0 Å². The van der Waals surface area contributed by atoms with Crippen molar-refractivity contribution in [1.29, 1.82) is 10.5 Å². The molecule has 2 atom stereocenters. The summed E-state index contributed by atoms with van der Waals surface area (Å²) in [4.78, 5) is 0. The Morgan fingerprint density at radius 2 is 1.86 bits per heavy atom. The lowest BCUT2D eigenvalue weighted by Crippen LogP contribution is -2.49. The molecule has 0 aliphatic rings. The third-order valence-corrected chi connectivity index (χ3v) is 2.95. The van der Waals surface area contributed by atoms with Crippen LogP contribution in [0.25, 0.3) is 0 Å². The Morgan fingerprint density at radius 1 is 1.24 bits per heavy atom. The van der Waals surface area contributed by atoms with Crippen LogP contribution < -0.4 is 0 Å². The minimum atomic E-state index is -2.02. The molecule has 0 spiro atoms. The predicted octanol–water partition coefficient (Wildman–Crippen LogP) is 1.36. The Kier molecular flexibility index (Phi) is 6.80. The van der Waals surface area contributed by atoms with Gasteiger partial charge in [-0.05, 0) is 12.5 Å². The minimum Gasteiger partial charge on any atom is -0.385 e. The van der Waals surface area contributed by atoms with Crippen LogP contribution in [0.2, 0.25) is 0 Å². The van der Waals surface area contributed by atoms with Gasteiger partial charge in [-0.15, -0.1) is 0 Å².